The molecule has 0 aliphatic rings. The number of anilines is 1. The van der Waals surface area contributed by atoms with Crippen LogP contribution < -0.4 is 5.73 Å². The topological polar surface area (TPSA) is 52.0 Å². The van der Waals surface area contributed by atoms with Crippen LogP contribution in [0.5, 0.6) is 0 Å². The van der Waals surface area contributed by atoms with Gasteiger partial charge in [-0.1, -0.05) is 50.9 Å². The van der Waals surface area contributed by atoms with E-state index in [9.17, 15) is 4.39 Å². The van der Waals surface area contributed by atoms with E-state index in [4.69, 9.17) is 10.3 Å². The first-order chi connectivity index (χ1) is 10.1. The standard InChI is InChI=1S/C16H12BrFN2O/c1-9-3-2-4-10(7-9)14-15(21-20-16(14)19)12-6-5-11(17)8-13(12)18/h2-8H,1H3,(H2,19,20). The Kier molecular flexibility index (Phi) is 3.51. The lowest BCUT2D eigenvalue weighted by atomic mass is 10.00. The molecular weight excluding hydrogens is 335 g/mol. The maximum absolute atomic E-state index is 14.2. The second-order valence-electron chi connectivity index (χ2n) is 4.77. The number of hydrogen-bond donors (Lipinski definition) is 1. The van der Waals surface area contributed by atoms with Crippen molar-refractivity contribution in [3.05, 3.63) is 58.3 Å². The van der Waals surface area contributed by atoms with Crippen molar-refractivity contribution >= 4 is 21.7 Å². The van der Waals surface area contributed by atoms with E-state index in [1.54, 1.807) is 12.1 Å². The predicted octanol–water partition coefficient (Wildman–Crippen LogP) is 4.80. The molecule has 3 rings (SSSR count). The van der Waals surface area contributed by atoms with E-state index in [1.807, 2.05) is 31.2 Å². The summed E-state index contributed by atoms with van der Waals surface area (Å²) >= 11 is 3.24. The Balaban J connectivity index is 2.22. The molecule has 21 heavy (non-hydrogen) atoms. The molecule has 0 radical (unpaired) electrons. The van der Waals surface area contributed by atoms with Gasteiger partial charge in [-0.2, -0.15) is 0 Å². The minimum absolute atomic E-state index is 0.248. The van der Waals surface area contributed by atoms with Crippen LogP contribution in [0.15, 0.2) is 51.5 Å². The van der Waals surface area contributed by atoms with Gasteiger partial charge in [0.1, 0.15) is 5.82 Å². The van der Waals surface area contributed by atoms with Gasteiger partial charge in [-0.05, 0) is 30.7 Å². The fraction of sp³-hybridized carbons (Fsp3) is 0.0625. The summed E-state index contributed by atoms with van der Waals surface area (Å²) < 4.78 is 20.1. The third-order valence-corrected chi connectivity index (χ3v) is 3.69. The highest BCUT2D eigenvalue weighted by Gasteiger charge is 2.20. The van der Waals surface area contributed by atoms with Crippen molar-refractivity contribution in [3.63, 3.8) is 0 Å². The number of aromatic nitrogens is 1. The predicted molar refractivity (Wildman–Crippen MR) is 84.2 cm³/mol. The van der Waals surface area contributed by atoms with Gasteiger partial charge in [0.05, 0.1) is 11.1 Å². The van der Waals surface area contributed by atoms with Crippen LogP contribution >= 0.6 is 15.9 Å². The summed E-state index contributed by atoms with van der Waals surface area (Å²) in [4.78, 5) is 0. The normalized spacial score (nSPS) is 10.8. The number of nitrogens with two attached hydrogens (primary N) is 1. The molecule has 0 saturated heterocycles. The largest absolute Gasteiger partial charge is 0.380 e. The molecule has 2 aromatic carbocycles. The van der Waals surface area contributed by atoms with E-state index in [1.165, 1.54) is 6.07 Å². The molecule has 0 fully saturated rings. The van der Waals surface area contributed by atoms with Crippen molar-refractivity contribution in [1.82, 2.24) is 5.16 Å². The van der Waals surface area contributed by atoms with E-state index in [0.29, 0.717) is 21.4 Å². The maximum Gasteiger partial charge on any atom is 0.179 e. The zero-order chi connectivity index (χ0) is 15.0. The molecule has 106 valence electrons. The SMILES string of the molecule is Cc1cccc(-c2c(N)noc2-c2ccc(Br)cc2F)c1. The molecule has 0 bridgehead atoms. The van der Waals surface area contributed by atoms with Crippen molar-refractivity contribution in [1.29, 1.82) is 0 Å². The van der Waals surface area contributed by atoms with Crippen LogP contribution in [-0.4, -0.2) is 5.16 Å². The van der Waals surface area contributed by atoms with Crippen molar-refractivity contribution in [2.45, 2.75) is 6.92 Å². The minimum atomic E-state index is -0.394. The fourth-order valence-electron chi connectivity index (χ4n) is 2.24. The number of rotatable bonds is 2. The smallest absolute Gasteiger partial charge is 0.179 e. The van der Waals surface area contributed by atoms with Gasteiger partial charge in [-0.15, -0.1) is 0 Å². The summed E-state index contributed by atoms with van der Waals surface area (Å²) in [5.74, 6) is 0.190. The highest BCUT2D eigenvalue weighted by atomic mass is 79.9. The van der Waals surface area contributed by atoms with Gasteiger partial charge in [0, 0.05) is 4.47 Å². The lowest BCUT2D eigenvalue weighted by molar-refractivity contribution is 0.433. The van der Waals surface area contributed by atoms with Gasteiger partial charge in [0.25, 0.3) is 0 Å². The number of nitrogen functional groups attached to an aromatic ring is 1. The molecule has 0 spiro atoms. The van der Waals surface area contributed by atoms with E-state index in [-0.39, 0.29) is 5.82 Å². The van der Waals surface area contributed by atoms with Crippen LogP contribution in [0.25, 0.3) is 22.5 Å². The first-order valence-electron chi connectivity index (χ1n) is 6.34. The average Bonchev–Trinajstić information content (AvgIpc) is 2.80. The number of aryl methyl sites for hydroxylation is 1. The molecule has 3 nitrogen and oxygen atoms in total. The van der Waals surface area contributed by atoms with Crippen LogP contribution in [0.3, 0.4) is 0 Å². The average molecular weight is 347 g/mol. The molecule has 0 amide bonds. The zero-order valence-electron chi connectivity index (χ0n) is 11.2. The highest BCUT2D eigenvalue weighted by molar-refractivity contribution is 9.10. The lowest BCUT2D eigenvalue weighted by Gasteiger charge is -2.05. The maximum atomic E-state index is 14.2. The summed E-state index contributed by atoms with van der Waals surface area (Å²) in [7, 11) is 0. The fourth-order valence-corrected chi connectivity index (χ4v) is 2.57. The molecule has 3 aromatic rings. The molecule has 2 N–H and O–H groups in total. The first kappa shape index (κ1) is 13.8. The third kappa shape index (κ3) is 2.56. The Morgan fingerprint density at radius 1 is 1.19 bits per heavy atom. The van der Waals surface area contributed by atoms with Crippen molar-refractivity contribution < 1.29 is 8.91 Å². The van der Waals surface area contributed by atoms with E-state index in [0.717, 1.165) is 11.1 Å². The molecule has 5 heteroatoms. The van der Waals surface area contributed by atoms with E-state index < -0.39 is 5.82 Å². The van der Waals surface area contributed by atoms with Gasteiger partial charge >= 0.3 is 0 Å². The van der Waals surface area contributed by atoms with Crippen LogP contribution in [0, 0.1) is 12.7 Å². The first-order valence-corrected chi connectivity index (χ1v) is 7.13. The van der Waals surface area contributed by atoms with Gasteiger partial charge in [-0.25, -0.2) is 4.39 Å². The molecule has 0 unspecified atom stereocenters. The van der Waals surface area contributed by atoms with Crippen LogP contribution in [0.1, 0.15) is 5.56 Å². The minimum Gasteiger partial charge on any atom is -0.380 e. The Morgan fingerprint density at radius 3 is 2.71 bits per heavy atom. The second kappa shape index (κ2) is 5.33. The molecule has 1 aromatic heterocycles. The number of halogens is 2. The molecular formula is C16H12BrFN2O. The van der Waals surface area contributed by atoms with Crippen LogP contribution in [0.4, 0.5) is 10.2 Å². The molecule has 0 aliphatic heterocycles. The van der Waals surface area contributed by atoms with Gasteiger partial charge in [0.15, 0.2) is 11.6 Å². The summed E-state index contributed by atoms with van der Waals surface area (Å²) in [6, 6.07) is 12.5. The molecule has 0 saturated carbocycles. The molecule has 1 heterocycles. The Bertz CT molecular complexity index is 814. The van der Waals surface area contributed by atoms with Gasteiger partial charge in [0.2, 0.25) is 0 Å². The summed E-state index contributed by atoms with van der Waals surface area (Å²) in [5.41, 5.74) is 8.78. The summed E-state index contributed by atoms with van der Waals surface area (Å²) in [5, 5.41) is 3.79. The molecule has 0 aliphatic carbocycles. The Hall–Kier alpha value is -2.14. The van der Waals surface area contributed by atoms with Crippen molar-refractivity contribution in [2.75, 3.05) is 5.73 Å². The Morgan fingerprint density at radius 2 is 2.00 bits per heavy atom. The Labute approximate surface area is 129 Å². The van der Waals surface area contributed by atoms with Crippen molar-refractivity contribution in [3.8, 4) is 22.5 Å². The summed E-state index contributed by atoms with van der Waals surface area (Å²) in [6.45, 7) is 1.98. The third-order valence-electron chi connectivity index (χ3n) is 3.20. The monoisotopic (exact) mass is 346 g/mol. The lowest BCUT2D eigenvalue weighted by Crippen LogP contribution is -1.90. The van der Waals surface area contributed by atoms with E-state index in [2.05, 4.69) is 21.1 Å². The van der Waals surface area contributed by atoms with Crippen LogP contribution in [0.2, 0.25) is 0 Å². The van der Waals surface area contributed by atoms with Gasteiger partial charge < -0.3 is 10.3 Å². The quantitative estimate of drug-likeness (QED) is 0.724. The molecule has 0 atom stereocenters. The second-order valence-corrected chi connectivity index (χ2v) is 5.68. The van der Waals surface area contributed by atoms with E-state index >= 15 is 0 Å². The number of benzene rings is 2. The highest BCUT2D eigenvalue weighted by Crippen LogP contribution is 2.38. The number of nitrogens with zero attached hydrogens (tertiary/aromatic N) is 1. The van der Waals surface area contributed by atoms with Gasteiger partial charge in [-0.3, -0.25) is 0 Å². The zero-order valence-corrected chi connectivity index (χ0v) is 12.8. The van der Waals surface area contributed by atoms with Crippen LogP contribution in [-0.2, 0) is 0 Å². The number of hydrogen-bond acceptors (Lipinski definition) is 3. The van der Waals surface area contributed by atoms with Crippen molar-refractivity contribution in [2.24, 2.45) is 0 Å². The summed E-state index contributed by atoms with van der Waals surface area (Å²) in [6.07, 6.45) is 0.